The lowest BCUT2D eigenvalue weighted by molar-refractivity contribution is -0.105. The van der Waals surface area contributed by atoms with Crippen LogP contribution in [-0.2, 0) is 0 Å². The number of nitrogens with zero attached hydrogens (tertiary/aromatic N) is 1. The first-order valence-electron chi connectivity index (χ1n) is 4.90. The van der Waals surface area contributed by atoms with Crippen LogP contribution >= 0.6 is 12.4 Å². The molecule has 0 saturated carbocycles. The maximum absolute atomic E-state index is 9.53. The predicted octanol–water partition coefficient (Wildman–Crippen LogP) is 0.549. The highest BCUT2D eigenvalue weighted by atomic mass is 35.5. The Morgan fingerprint density at radius 2 is 1.50 bits per heavy atom. The Balaban J connectivity index is 0. The maximum Gasteiger partial charge on any atom is 0.109 e. The summed E-state index contributed by atoms with van der Waals surface area (Å²) in [7, 11) is 0. The summed E-state index contributed by atoms with van der Waals surface area (Å²) >= 11 is 0. The molecule has 0 fully saturated rings. The first-order chi connectivity index (χ1) is 6.17. The summed E-state index contributed by atoms with van der Waals surface area (Å²) in [4.78, 5) is 1.61. The molecule has 88 valence electrons. The molecule has 0 bridgehead atoms. The minimum Gasteiger partial charge on any atom is -0.396 e. The van der Waals surface area contributed by atoms with Gasteiger partial charge in [0, 0.05) is 13.2 Å². The Morgan fingerprint density at radius 3 is 1.79 bits per heavy atom. The zero-order valence-corrected chi connectivity index (χ0v) is 9.70. The van der Waals surface area contributed by atoms with Crippen molar-refractivity contribution in [1.29, 1.82) is 0 Å². The number of hydrogen-bond acceptors (Lipinski definition) is 4. The highest BCUT2D eigenvalue weighted by molar-refractivity contribution is 5.85. The van der Waals surface area contributed by atoms with Crippen LogP contribution in [-0.4, -0.2) is 45.8 Å². The van der Waals surface area contributed by atoms with Gasteiger partial charge in [0.2, 0.25) is 0 Å². The molecule has 0 heterocycles. The van der Waals surface area contributed by atoms with Crippen LogP contribution in [0.4, 0.5) is 0 Å². The molecule has 14 heavy (non-hydrogen) atoms. The van der Waals surface area contributed by atoms with Crippen LogP contribution in [0, 0.1) is 0 Å². The molecule has 0 amide bonds. The first kappa shape index (κ1) is 16.6. The molecule has 0 aliphatic rings. The zero-order valence-electron chi connectivity index (χ0n) is 8.89. The minimum atomic E-state index is -0.610. The SMILES string of the molecule is CCC(O)N(CCCO)C(O)CC.Cl. The Morgan fingerprint density at radius 1 is 1.07 bits per heavy atom. The third-order valence-corrected chi connectivity index (χ3v) is 2.07. The summed E-state index contributed by atoms with van der Waals surface area (Å²) in [6.07, 6.45) is 0.530. The molecule has 5 heteroatoms. The molecular formula is C9H22ClNO3. The maximum atomic E-state index is 9.53. The van der Waals surface area contributed by atoms with E-state index in [1.165, 1.54) is 0 Å². The van der Waals surface area contributed by atoms with Crippen molar-refractivity contribution in [3.05, 3.63) is 0 Å². The van der Waals surface area contributed by atoms with Gasteiger partial charge < -0.3 is 15.3 Å². The highest BCUT2D eigenvalue weighted by Crippen LogP contribution is 2.08. The van der Waals surface area contributed by atoms with E-state index in [1.54, 1.807) is 4.90 Å². The number of aliphatic hydroxyl groups is 3. The smallest absolute Gasteiger partial charge is 0.109 e. The van der Waals surface area contributed by atoms with Crippen molar-refractivity contribution in [1.82, 2.24) is 4.90 Å². The average Bonchev–Trinajstić information content (AvgIpc) is 2.17. The van der Waals surface area contributed by atoms with Crippen molar-refractivity contribution in [3.63, 3.8) is 0 Å². The second kappa shape index (κ2) is 9.68. The van der Waals surface area contributed by atoms with Crippen LogP contribution < -0.4 is 0 Å². The zero-order chi connectivity index (χ0) is 10.3. The molecular weight excluding hydrogens is 206 g/mol. The Hall–Kier alpha value is 0.130. The molecule has 4 nitrogen and oxygen atoms in total. The predicted molar refractivity (Wildman–Crippen MR) is 58.3 cm³/mol. The third kappa shape index (κ3) is 5.78. The lowest BCUT2D eigenvalue weighted by Crippen LogP contribution is -2.43. The van der Waals surface area contributed by atoms with Gasteiger partial charge in [-0.3, -0.25) is 4.90 Å². The standard InChI is InChI=1S/C9H21NO3.ClH/c1-3-8(12)10(6-5-7-11)9(13)4-2;/h8-9,11-13H,3-7H2,1-2H3;1H. The first-order valence-corrected chi connectivity index (χ1v) is 4.90. The Kier molecular flexibility index (Phi) is 11.4. The molecule has 0 spiro atoms. The van der Waals surface area contributed by atoms with Gasteiger partial charge in [0.05, 0.1) is 0 Å². The van der Waals surface area contributed by atoms with Crippen LogP contribution in [0.2, 0.25) is 0 Å². The molecule has 0 aromatic heterocycles. The highest BCUT2D eigenvalue weighted by Gasteiger charge is 2.19. The van der Waals surface area contributed by atoms with Gasteiger partial charge in [0.25, 0.3) is 0 Å². The van der Waals surface area contributed by atoms with E-state index in [4.69, 9.17) is 5.11 Å². The molecule has 3 N–H and O–H groups in total. The van der Waals surface area contributed by atoms with Gasteiger partial charge in [-0.1, -0.05) is 13.8 Å². The van der Waals surface area contributed by atoms with Crippen LogP contribution in [0.1, 0.15) is 33.1 Å². The summed E-state index contributed by atoms with van der Waals surface area (Å²) in [5.74, 6) is 0. The second-order valence-corrected chi connectivity index (χ2v) is 3.09. The number of aliphatic hydroxyl groups excluding tert-OH is 3. The van der Waals surface area contributed by atoms with Crippen molar-refractivity contribution in [3.8, 4) is 0 Å². The lowest BCUT2D eigenvalue weighted by atomic mass is 10.2. The van der Waals surface area contributed by atoms with Crippen LogP contribution in [0.15, 0.2) is 0 Å². The summed E-state index contributed by atoms with van der Waals surface area (Å²) in [6.45, 7) is 4.34. The molecule has 0 aromatic carbocycles. The van der Waals surface area contributed by atoms with Gasteiger partial charge in [-0.2, -0.15) is 0 Å². The largest absolute Gasteiger partial charge is 0.396 e. The average molecular weight is 228 g/mol. The summed E-state index contributed by atoms with van der Waals surface area (Å²) in [6, 6.07) is 0. The fourth-order valence-corrected chi connectivity index (χ4v) is 1.22. The number of rotatable bonds is 7. The molecule has 0 aliphatic carbocycles. The summed E-state index contributed by atoms with van der Waals surface area (Å²) in [5, 5.41) is 27.7. The van der Waals surface area contributed by atoms with E-state index in [0.29, 0.717) is 25.8 Å². The summed E-state index contributed by atoms with van der Waals surface area (Å²) in [5.41, 5.74) is 0. The second-order valence-electron chi connectivity index (χ2n) is 3.09. The van der Waals surface area contributed by atoms with Crippen molar-refractivity contribution in [2.45, 2.75) is 45.6 Å². The monoisotopic (exact) mass is 227 g/mol. The fraction of sp³-hybridized carbons (Fsp3) is 1.00. The van der Waals surface area contributed by atoms with Gasteiger partial charge in [-0.25, -0.2) is 0 Å². The van der Waals surface area contributed by atoms with E-state index >= 15 is 0 Å². The quantitative estimate of drug-likeness (QED) is 0.556. The van der Waals surface area contributed by atoms with Crippen molar-refractivity contribution in [2.75, 3.05) is 13.2 Å². The number of halogens is 1. The van der Waals surface area contributed by atoms with E-state index in [-0.39, 0.29) is 19.0 Å². The van der Waals surface area contributed by atoms with Gasteiger partial charge in [-0.05, 0) is 19.3 Å². The summed E-state index contributed by atoms with van der Waals surface area (Å²) < 4.78 is 0. The van der Waals surface area contributed by atoms with Gasteiger partial charge in [0.1, 0.15) is 12.5 Å². The Labute approximate surface area is 92.0 Å². The minimum absolute atomic E-state index is 0. The molecule has 2 unspecified atom stereocenters. The molecule has 0 aromatic rings. The van der Waals surface area contributed by atoms with E-state index < -0.39 is 12.5 Å². The van der Waals surface area contributed by atoms with Crippen molar-refractivity contribution in [2.24, 2.45) is 0 Å². The molecule has 0 radical (unpaired) electrons. The van der Waals surface area contributed by atoms with Gasteiger partial charge in [0.15, 0.2) is 0 Å². The molecule has 0 saturated heterocycles. The van der Waals surface area contributed by atoms with Crippen LogP contribution in [0.25, 0.3) is 0 Å². The van der Waals surface area contributed by atoms with Crippen LogP contribution in [0.5, 0.6) is 0 Å². The van der Waals surface area contributed by atoms with E-state index in [9.17, 15) is 10.2 Å². The lowest BCUT2D eigenvalue weighted by Gasteiger charge is -2.30. The normalized spacial score (nSPS) is 15.0. The molecule has 0 aliphatic heterocycles. The van der Waals surface area contributed by atoms with Gasteiger partial charge >= 0.3 is 0 Å². The Bertz CT molecular complexity index is 117. The van der Waals surface area contributed by atoms with E-state index in [1.807, 2.05) is 13.8 Å². The van der Waals surface area contributed by atoms with E-state index in [2.05, 4.69) is 0 Å². The third-order valence-electron chi connectivity index (χ3n) is 2.07. The fourth-order valence-electron chi connectivity index (χ4n) is 1.22. The van der Waals surface area contributed by atoms with Crippen molar-refractivity contribution >= 4 is 12.4 Å². The van der Waals surface area contributed by atoms with Crippen LogP contribution in [0.3, 0.4) is 0 Å². The van der Waals surface area contributed by atoms with E-state index in [0.717, 1.165) is 0 Å². The van der Waals surface area contributed by atoms with Crippen molar-refractivity contribution < 1.29 is 15.3 Å². The topological polar surface area (TPSA) is 63.9 Å². The van der Waals surface area contributed by atoms with Gasteiger partial charge in [-0.15, -0.1) is 12.4 Å². The molecule has 0 rings (SSSR count). The molecule has 2 atom stereocenters. The number of hydrogen-bond donors (Lipinski definition) is 3.